The van der Waals surface area contributed by atoms with Crippen molar-refractivity contribution in [1.82, 2.24) is 5.32 Å². The van der Waals surface area contributed by atoms with Gasteiger partial charge in [-0.25, -0.2) is 0 Å². The van der Waals surface area contributed by atoms with Gasteiger partial charge >= 0.3 is 0 Å². The molecule has 1 aliphatic heterocycles. The smallest absolute Gasteiger partial charge is 0.270 e. The van der Waals surface area contributed by atoms with Gasteiger partial charge in [-0.05, 0) is 55.5 Å². The Hall–Kier alpha value is -2.90. The first-order chi connectivity index (χ1) is 12.9. The van der Waals surface area contributed by atoms with Gasteiger partial charge in [0.05, 0.1) is 12.3 Å². The number of nitrogens with one attached hydrogen (secondary N) is 1. The van der Waals surface area contributed by atoms with E-state index < -0.39 is 11.8 Å². The third-order valence-corrected chi connectivity index (χ3v) is 4.30. The van der Waals surface area contributed by atoms with Crippen molar-refractivity contribution in [3.63, 3.8) is 0 Å². The summed E-state index contributed by atoms with van der Waals surface area (Å²) in [5.41, 5.74) is 0.525. The second kappa shape index (κ2) is 7.77. The first kappa shape index (κ1) is 18.9. The molecule has 2 aromatic carbocycles. The third-order valence-electron chi connectivity index (χ3n) is 3.78. The first-order valence-corrected chi connectivity index (χ1v) is 8.82. The number of rotatable bonds is 4. The zero-order valence-electron chi connectivity index (χ0n) is 14.2. The number of halogens is 1. The largest absolute Gasteiger partial charge is 0.507 e. The highest BCUT2D eigenvalue weighted by atomic mass is 35.5. The van der Waals surface area contributed by atoms with Crippen LogP contribution in [-0.2, 0) is 9.59 Å². The van der Waals surface area contributed by atoms with Gasteiger partial charge in [0, 0.05) is 16.7 Å². The van der Waals surface area contributed by atoms with Crippen molar-refractivity contribution in [3.8, 4) is 11.5 Å². The summed E-state index contributed by atoms with van der Waals surface area (Å²) in [7, 11) is 0. The lowest BCUT2D eigenvalue weighted by molar-refractivity contribution is -0.122. The number of aromatic hydroxyl groups is 1. The summed E-state index contributed by atoms with van der Waals surface area (Å²) >= 11 is 11.1. The predicted molar refractivity (Wildman–Crippen MR) is 107 cm³/mol. The number of phenols is 1. The summed E-state index contributed by atoms with van der Waals surface area (Å²) in [6.45, 7) is 2.32. The molecule has 0 unspecified atom stereocenters. The summed E-state index contributed by atoms with van der Waals surface area (Å²) in [6.07, 6.45) is 1.28. The van der Waals surface area contributed by atoms with Crippen LogP contribution in [0.2, 0.25) is 5.02 Å². The second-order valence-corrected chi connectivity index (χ2v) is 6.41. The average Bonchev–Trinajstić information content (AvgIpc) is 2.62. The Morgan fingerprint density at radius 2 is 2.04 bits per heavy atom. The standard InChI is InChI=1S/C19H15ClN2O4S/c1-2-26-14-5-3-4-13(10-14)22-18(25)15(17(24)21-19(22)27)9-11-8-12(20)6-7-16(11)23/h3-10,23H,2H2,1H3,(H,21,24,27)/b15-9-. The number of anilines is 1. The number of amides is 2. The summed E-state index contributed by atoms with van der Waals surface area (Å²) in [5, 5.41) is 12.8. The maximum absolute atomic E-state index is 13.0. The van der Waals surface area contributed by atoms with Gasteiger partial charge in [-0.15, -0.1) is 0 Å². The van der Waals surface area contributed by atoms with Crippen LogP contribution in [0.25, 0.3) is 6.08 Å². The Morgan fingerprint density at radius 3 is 2.78 bits per heavy atom. The molecule has 0 radical (unpaired) electrons. The van der Waals surface area contributed by atoms with E-state index in [1.54, 1.807) is 24.3 Å². The van der Waals surface area contributed by atoms with E-state index in [2.05, 4.69) is 5.32 Å². The molecule has 0 bridgehead atoms. The average molecular weight is 403 g/mol. The molecule has 2 aromatic rings. The molecule has 138 valence electrons. The third kappa shape index (κ3) is 3.94. The highest BCUT2D eigenvalue weighted by Crippen LogP contribution is 2.28. The van der Waals surface area contributed by atoms with Crippen LogP contribution in [0.4, 0.5) is 5.69 Å². The minimum Gasteiger partial charge on any atom is -0.507 e. The molecular formula is C19H15ClN2O4S. The van der Waals surface area contributed by atoms with Crippen molar-refractivity contribution in [2.75, 3.05) is 11.5 Å². The van der Waals surface area contributed by atoms with Gasteiger partial charge in [0.25, 0.3) is 11.8 Å². The molecule has 1 aliphatic rings. The highest BCUT2D eigenvalue weighted by Gasteiger charge is 2.34. The van der Waals surface area contributed by atoms with E-state index in [4.69, 9.17) is 28.6 Å². The van der Waals surface area contributed by atoms with Crippen molar-refractivity contribution >= 4 is 52.5 Å². The number of benzene rings is 2. The number of thiocarbonyl (C=S) groups is 1. The van der Waals surface area contributed by atoms with E-state index in [1.165, 1.54) is 29.2 Å². The van der Waals surface area contributed by atoms with Crippen molar-refractivity contribution in [2.45, 2.75) is 6.92 Å². The molecule has 8 heteroatoms. The number of phenolic OH excluding ortho intramolecular Hbond substituents is 1. The fourth-order valence-corrected chi connectivity index (χ4v) is 3.03. The van der Waals surface area contributed by atoms with Crippen LogP contribution < -0.4 is 15.0 Å². The first-order valence-electron chi connectivity index (χ1n) is 8.03. The van der Waals surface area contributed by atoms with Crippen molar-refractivity contribution < 1.29 is 19.4 Å². The summed E-state index contributed by atoms with van der Waals surface area (Å²) < 4.78 is 5.45. The molecule has 0 saturated carbocycles. The second-order valence-electron chi connectivity index (χ2n) is 5.59. The predicted octanol–water partition coefficient (Wildman–Crippen LogP) is 3.28. The van der Waals surface area contributed by atoms with E-state index in [9.17, 15) is 14.7 Å². The molecule has 1 saturated heterocycles. The van der Waals surface area contributed by atoms with Gasteiger partial charge in [0.15, 0.2) is 5.11 Å². The Labute approximate surface area is 166 Å². The number of hydrogen-bond acceptors (Lipinski definition) is 5. The van der Waals surface area contributed by atoms with Gasteiger partial charge in [-0.2, -0.15) is 0 Å². The van der Waals surface area contributed by atoms with Crippen LogP contribution in [0.15, 0.2) is 48.0 Å². The molecule has 0 atom stereocenters. The van der Waals surface area contributed by atoms with Crippen molar-refractivity contribution in [2.24, 2.45) is 0 Å². The van der Waals surface area contributed by atoms with E-state index in [-0.39, 0.29) is 22.0 Å². The minimum absolute atomic E-state index is 0.0360. The molecule has 2 amide bonds. The number of carbonyl (C=O) groups excluding carboxylic acids is 2. The van der Waals surface area contributed by atoms with Crippen LogP contribution in [0, 0.1) is 0 Å². The highest BCUT2D eigenvalue weighted by molar-refractivity contribution is 7.80. The van der Waals surface area contributed by atoms with Gasteiger partial charge in [-0.1, -0.05) is 17.7 Å². The topological polar surface area (TPSA) is 78.9 Å². The zero-order valence-corrected chi connectivity index (χ0v) is 15.8. The lowest BCUT2D eigenvalue weighted by atomic mass is 10.1. The summed E-state index contributed by atoms with van der Waals surface area (Å²) in [4.78, 5) is 26.5. The molecule has 0 aliphatic carbocycles. The van der Waals surface area contributed by atoms with E-state index in [0.29, 0.717) is 23.1 Å². The molecule has 27 heavy (non-hydrogen) atoms. The van der Waals surface area contributed by atoms with Crippen LogP contribution in [0.5, 0.6) is 11.5 Å². The fourth-order valence-electron chi connectivity index (χ4n) is 2.57. The van der Waals surface area contributed by atoms with E-state index in [0.717, 1.165) is 0 Å². The quantitative estimate of drug-likeness (QED) is 0.466. The number of nitrogens with zero attached hydrogens (tertiary/aromatic N) is 1. The molecule has 0 spiro atoms. The summed E-state index contributed by atoms with van der Waals surface area (Å²) in [6, 6.07) is 11.1. The molecule has 0 aromatic heterocycles. The lowest BCUT2D eigenvalue weighted by Crippen LogP contribution is -2.54. The maximum atomic E-state index is 13.0. The number of ether oxygens (including phenoxy) is 1. The Kier molecular flexibility index (Phi) is 5.43. The zero-order chi connectivity index (χ0) is 19.6. The van der Waals surface area contributed by atoms with Crippen LogP contribution >= 0.6 is 23.8 Å². The monoisotopic (exact) mass is 402 g/mol. The SMILES string of the molecule is CCOc1cccc(N2C(=O)/C(=C\c3cc(Cl)ccc3O)C(=O)NC2=S)c1. The minimum atomic E-state index is -0.651. The summed E-state index contributed by atoms with van der Waals surface area (Å²) in [5.74, 6) is -0.801. The normalized spacial score (nSPS) is 15.9. The fraction of sp³-hybridized carbons (Fsp3) is 0.105. The van der Waals surface area contributed by atoms with Gasteiger partial charge < -0.3 is 9.84 Å². The van der Waals surface area contributed by atoms with E-state index >= 15 is 0 Å². The van der Waals surface area contributed by atoms with Crippen molar-refractivity contribution in [3.05, 3.63) is 58.6 Å². The van der Waals surface area contributed by atoms with Crippen LogP contribution in [-0.4, -0.2) is 28.6 Å². The number of hydrogen-bond donors (Lipinski definition) is 2. The van der Waals surface area contributed by atoms with Crippen LogP contribution in [0.1, 0.15) is 12.5 Å². The van der Waals surface area contributed by atoms with Gasteiger partial charge in [0.2, 0.25) is 0 Å². The molecule has 1 fully saturated rings. The molecular weight excluding hydrogens is 388 g/mol. The van der Waals surface area contributed by atoms with Crippen molar-refractivity contribution in [1.29, 1.82) is 0 Å². The van der Waals surface area contributed by atoms with Gasteiger partial charge in [0.1, 0.15) is 17.1 Å². The molecule has 6 nitrogen and oxygen atoms in total. The Balaban J connectivity index is 2.03. The lowest BCUT2D eigenvalue weighted by Gasteiger charge is -2.29. The van der Waals surface area contributed by atoms with Crippen LogP contribution in [0.3, 0.4) is 0 Å². The van der Waals surface area contributed by atoms with E-state index in [1.807, 2.05) is 6.92 Å². The molecule has 2 N–H and O–H groups in total. The number of carbonyl (C=O) groups is 2. The Bertz CT molecular complexity index is 974. The van der Waals surface area contributed by atoms with Gasteiger partial charge in [-0.3, -0.25) is 19.8 Å². The Morgan fingerprint density at radius 1 is 1.26 bits per heavy atom. The maximum Gasteiger partial charge on any atom is 0.270 e. The molecule has 3 rings (SSSR count). The molecule has 1 heterocycles.